The standard InChI is InChI=1S/C21H25N7O/c1-28-10-5-14(6-11-28)13-26-20-18(23-8-9-25-20)21(29)27-16-2-3-17-15(12-16)4-7-24-19(17)22/h2-4,7-9,12,14H,5-6,10-11,13H2,1H3,(H2,22,24)(H,25,26)(H,27,29). The Balaban J connectivity index is 1.46. The third-order valence-electron chi connectivity index (χ3n) is 5.36. The zero-order valence-electron chi connectivity index (χ0n) is 16.4. The fourth-order valence-electron chi connectivity index (χ4n) is 3.61. The first-order valence-corrected chi connectivity index (χ1v) is 9.79. The summed E-state index contributed by atoms with van der Waals surface area (Å²) in [7, 11) is 2.15. The van der Waals surface area contributed by atoms with Crippen molar-refractivity contribution < 1.29 is 4.79 Å². The van der Waals surface area contributed by atoms with Crippen molar-refractivity contribution in [2.75, 3.05) is 43.0 Å². The normalized spacial score (nSPS) is 15.3. The number of amides is 1. The fraction of sp³-hybridized carbons (Fsp3) is 0.333. The van der Waals surface area contributed by atoms with E-state index in [2.05, 4.69) is 37.5 Å². The van der Waals surface area contributed by atoms with Gasteiger partial charge in [-0.05, 0) is 68.5 Å². The Morgan fingerprint density at radius 2 is 1.93 bits per heavy atom. The molecule has 3 heterocycles. The molecule has 0 unspecified atom stereocenters. The van der Waals surface area contributed by atoms with Crippen molar-refractivity contribution in [3.05, 3.63) is 48.5 Å². The summed E-state index contributed by atoms with van der Waals surface area (Å²) in [6.07, 6.45) is 7.06. The molecule has 8 heteroatoms. The van der Waals surface area contributed by atoms with E-state index in [-0.39, 0.29) is 11.6 Å². The molecule has 0 aliphatic carbocycles. The van der Waals surface area contributed by atoms with Crippen molar-refractivity contribution in [1.29, 1.82) is 0 Å². The maximum absolute atomic E-state index is 12.8. The number of piperidine rings is 1. The highest BCUT2D eigenvalue weighted by Crippen LogP contribution is 2.23. The van der Waals surface area contributed by atoms with Gasteiger partial charge in [0.2, 0.25) is 0 Å². The zero-order valence-corrected chi connectivity index (χ0v) is 16.4. The van der Waals surface area contributed by atoms with Crippen LogP contribution in [0.1, 0.15) is 23.3 Å². The second-order valence-electron chi connectivity index (χ2n) is 7.47. The molecule has 1 aromatic carbocycles. The molecule has 1 aliphatic rings. The number of nitrogens with two attached hydrogens (primary N) is 1. The third kappa shape index (κ3) is 4.43. The van der Waals surface area contributed by atoms with Crippen LogP contribution in [0.25, 0.3) is 10.8 Å². The summed E-state index contributed by atoms with van der Waals surface area (Å²) in [5.41, 5.74) is 6.85. The van der Waals surface area contributed by atoms with Crippen LogP contribution in [0.3, 0.4) is 0 Å². The molecule has 4 N–H and O–H groups in total. The number of anilines is 3. The van der Waals surface area contributed by atoms with Crippen LogP contribution in [0.15, 0.2) is 42.9 Å². The van der Waals surface area contributed by atoms with Crippen LogP contribution in [0.5, 0.6) is 0 Å². The molecule has 4 rings (SSSR count). The minimum Gasteiger partial charge on any atom is -0.383 e. The maximum Gasteiger partial charge on any atom is 0.278 e. The number of nitrogen functional groups attached to an aromatic ring is 1. The average molecular weight is 391 g/mol. The van der Waals surface area contributed by atoms with E-state index >= 15 is 0 Å². The lowest BCUT2D eigenvalue weighted by Crippen LogP contribution is -2.33. The van der Waals surface area contributed by atoms with Crippen molar-refractivity contribution >= 4 is 34.0 Å². The minimum atomic E-state index is -0.301. The Bertz CT molecular complexity index is 1010. The number of nitrogens with one attached hydrogen (secondary N) is 2. The molecule has 3 aromatic rings. The van der Waals surface area contributed by atoms with Gasteiger partial charge in [-0.2, -0.15) is 0 Å². The van der Waals surface area contributed by atoms with Crippen LogP contribution in [0, 0.1) is 5.92 Å². The maximum atomic E-state index is 12.8. The van der Waals surface area contributed by atoms with Gasteiger partial charge in [0.05, 0.1) is 0 Å². The van der Waals surface area contributed by atoms with E-state index in [0.717, 1.165) is 43.2 Å². The summed E-state index contributed by atoms with van der Waals surface area (Å²) in [4.78, 5) is 27.8. The van der Waals surface area contributed by atoms with Gasteiger partial charge in [-0.1, -0.05) is 0 Å². The molecular formula is C21H25N7O. The number of pyridine rings is 1. The molecule has 0 saturated carbocycles. The van der Waals surface area contributed by atoms with E-state index in [4.69, 9.17) is 5.73 Å². The smallest absolute Gasteiger partial charge is 0.278 e. The molecule has 1 amide bonds. The van der Waals surface area contributed by atoms with Crippen LogP contribution in [-0.4, -0.2) is 52.4 Å². The zero-order chi connectivity index (χ0) is 20.2. The van der Waals surface area contributed by atoms with Crippen molar-refractivity contribution in [2.24, 2.45) is 5.92 Å². The summed E-state index contributed by atoms with van der Waals surface area (Å²) < 4.78 is 0. The summed E-state index contributed by atoms with van der Waals surface area (Å²) in [5, 5.41) is 7.99. The summed E-state index contributed by atoms with van der Waals surface area (Å²) >= 11 is 0. The second-order valence-corrected chi connectivity index (χ2v) is 7.47. The molecule has 0 atom stereocenters. The van der Waals surface area contributed by atoms with E-state index < -0.39 is 0 Å². The summed E-state index contributed by atoms with van der Waals surface area (Å²) in [6.45, 7) is 2.99. The van der Waals surface area contributed by atoms with Gasteiger partial charge in [0.1, 0.15) is 5.82 Å². The van der Waals surface area contributed by atoms with Crippen LogP contribution in [-0.2, 0) is 0 Å². The molecule has 1 fully saturated rings. The molecule has 2 aromatic heterocycles. The van der Waals surface area contributed by atoms with E-state index in [0.29, 0.717) is 23.2 Å². The van der Waals surface area contributed by atoms with E-state index in [1.54, 1.807) is 18.5 Å². The topological polar surface area (TPSA) is 109 Å². The Labute approximate surface area is 169 Å². The van der Waals surface area contributed by atoms with Gasteiger partial charge in [0.25, 0.3) is 5.91 Å². The van der Waals surface area contributed by atoms with Crippen LogP contribution >= 0.6 is 0 Å². The monoisotopic (exact) mass is 391 g/mol. The number of likely N-dealkylation sites (tertiary alicyclic amines) is 1. The SMILES string of the molecule is CN1CCC(CNc2nccnc2C(=O)Nc2ccc3c(N)nccc3c2)CC1. The van der Waals surface area contributed by atoms with Crippen molar-refractivity contribution in [3.63, 3.8) is 0 Å². The number of carbonyl (C=O) groups is 1. The molecule has 1 aliphatic heterocycles. The quantitative estimate of drug-likeness (QED) is 0.613. The number of rotatable bonds is 5. The van der Waals surface area contributed by atoms with Gasteiger partial charge < -0.3 is 21.3 Å². The van der Waals surface area contributed by atoms with Gasteiger partial charge in [-0.15, -0.1) is 0 Å². The van der Waals surface area contributed by atoms with Crippen molar-refractivity contribution in [1.82, 2.24) is 19.9 Å². The largest absolute Gasteiger partial charge is 0.383 e. The van der Waals surface area contributed by atoms with Gasteiger partial charge in [0.15, 0.2) is 11.5 Å². The number of benzene rings is 1. The van der Waals surface area contributed by atoms with Crippen molar-refractivity contribution in [2.45, 2.75) is 12.8 Å². The van der Waals surface area contributed by atoms with E-state index in [1.807, 2.05) is 18.2 Å². The third-order valence-corrected chi connectivity index (χ3v) is 5.36. The highest BCUT2D eigenvalue weighted by atomic mass is 16.1. The Morgan fingerprint density at radius 3 is 2.76 bits per heavy atom. The predicted octanol–water partition coefficient (Wildman–Crippen LogP) is 2.61. The number of nitrogens with zero attached hydrogens (tertiary/aromatic N) is 4. The molecule has 0 spiro atoms. The van der Waals surface area contributed by atoms with Crippen molar-refractivity contribution in [3.8, 4) is 0 Å². The van der Waals surface area contributed by atoms with E-state index in [9.17, 15) is 4.79 Å². The lowest BCUT2D eigenvalue weighted by Gasteiger charge is -2.29. The molecule has 1 saturated heterocycles. The lowest BCUT2D eigenvalue weighted by molar-refractivity contribution is 0.102. The number of hydrogen-bond donors (Lipinski definition) is 3. The van der Waals surface area contributed by atoms with Gasteiger partial charge in [0, 0.05) is 36.2 Å². The first-order valence-electron chi connectivity index (χ1n) is 9.79. The Kier molecular flexibility index (Phi) is 5.53. The summed E-state index contributed by atoms with van der Waals surface area (Å²) in [6, 6.07) is 7.38. The Morgan fingerprint density at radius 1 is 1.14 bits per heavy atom. The van der Waals surface area contributed by atoms with Crippen LogP contribution in [0.2, 0.25) is 0 Å². The fourth-order valence-corrected chi connectivity index (χ4v) is 3.61. The first-order chi connectivity index (χ1) is 14.1. The lowest BCUT2D eigenvalue weighted by atomic mass is 9.97. The van der Waals surface area contributed by atoms with Gasteiger partial charge >= 0.3 is 0 Å². The molecule has 0 bridgehead atoms. The van der Waals surface area contributed by atoms with Gasteiger partial charge in [-0.25, -0.2) is 15.0 Å². The van der Waals surface area contributed by atoms with Gasteiger partial charge in [-0.3, -0.25) is 4.79 Å². The number of aromatic nitrogens is 3. The second kappa shape index (κ2) is 8.40. The van der Waals surface area contributed by atoms with Crippen LogP contribution < -0.4 is 16.4 Å². The number of hydrogen-bond acceptors (Lipinski definition) is 7. The highest BCUT2D eigenvalue weighted by Gasteiger charge is 2.19. The van der Waals surface area contributed by atoms with E-state index in [1.165, 1.54) is 6.20 Å². The molecular weight excluding hydrogens is 366 g/mol. The Hall–Kier alpha value is -3.26. The average Bonchev–Trinajstić information content (AvgIpc) is 2.73. The highest BCUT2D eigenvalue weighted by molar-refractivity contribution is 6.07. The first kappa shape index (κ1) is 19.1. The molecule has 8 nitrogen and oxygen atoms in total. The molecule has 0 radical (unpaired) electrons. The summed E-state index contributed by atoms with van der Waals surface area (Å²) in [5.74, 6) is 1.25. The molecule has 29 heavy (non-hydrogen) atoms. The minimum absolute atomic E-state index is 0.287. The molecule has 150 valence electrons. The van der Waals surface area contributed by atoms with Crippen LogP contribution in [0.4, 0.5) is 17.3 Å². The number of carbonyl (C=O) groups excluding carboxylic acids is 1. The number of fused-ring (bicyclic) bond motifs is 1. The predicted molar refractivity (Wildman–Crippen MR) is 115 cm³/mol.